The van der Waals surface area contributed by atoms with Crippen molar-refractivity contribution in [3.63, 3.8) is 0 Å². The van der Waals surface area contributed by atoms with Crippen molar-refractivity contribution in [1.82, 2.24) is 15.6 Å². The van der Waals surface area contributed by atoms with Crippen LogP contribution >= 0.6 is 0 Å². The van der Waals surface area contributed by atoms with E-state index in [2.05, 4.69) is 50.6 Å². The molecular formula is C24H29N5O2. The molecule has 7 nitrogen and oxygen atoms in total. The van der Waals surface area contributed by atoms with Crippen LogP contribution < -0.4 is 20.3 Å². The highest BCUT2D eigenvalue weighted by Gasteiger charge is 2.25. The maximum Gasteiger partial charge on any atom is 0.226 e. The minimum Gasteiger partial charge on any atom is -0.495 e. The molecule has 0 saturated carbocycles. The van der Waals surface area contributed by atoms with Gasteiger partial charge in [-0.15, -0.1) is 0 Å². The molecule has 7 heteroatoms. The van der Waals surface area contributed by atoms with Crippen LogP contribution in [-0.4, -0.2) is 44.2 Å². The highest BCUT2D eigenvalue weighted by Crippen LogP contribution is 2.30. The number of hydrogen-bond donors (Lipinski definition) is 2. The molecule has 0 amide bonds. The third-order valence-corrected chi connectivity index (χ3v) is 5.47. The molecule has 0 aliphatic carbocycles. The van der Waals surface area contributed by atoms with E-state index in [9.17, 15) is 0 Å². The lowest BCUT2D eigenvalue weighted by Crippen LogP contribution is -2.44. The van der Waals surface area contributed by atoms with E-state index in [-0.39, 0.29) is 0 Å². The summed E-state index contributed by atoms with van der Waals surface area (Å²) in [6.07, 6.45) is 2.72. The molecular weight excluding hydrogens is 390 g/mol. The number of rotatable bonds is 6. The minimum absolute atomic E-state index is 0.302. The van der Waals surface area contributed by atoms with Crippen LogP contribution in [0.4, 0.5) is 5.69 Å². The van der Waals surface area contributed by atoms with Crippen molar-refractivity contribution in [2.24, 2.45) is 4.99 Å². The number of benzene rings is 2. The SMILES string of the molecule is CN=C(NCc1coc(-c2ccc(C)cc2)n1)NC1CCN(c2ccccc2OC)C1. The number of nitrogens with one attached hydrogen (secondary N) is 2. The average Bonchev–Trinajstić information content (AvgIpc) is 3.47. The lowest BCUT2D eigenvalue weighted by atomic mass is 10.1. The van der Waals surface area contributed by atoms with Crippen molar-refractivity contribution in [3.8, 4) is 17.2 Å². The largest absolute Gasteiger partial charge is 0.495 e. The predicted molar refractivity (Wildman–Crippen MR) is 124 cm³/mol. The van der Waals surface area contributed by atoms with E-state index in [1.807, 2.05) is 30.3 Å². The minimum atomic E-state index is 0.302. The van der Waals surface area contributed by atoms with E-state index in [0.717, 1.165) is 48.2 Å². The van der Waals surface area contributed by atoms with Gasteiger partial charge in [-0.1, -0.05) is 29.8 Å². The van der Waals surface area contributed by atoms with Gasteiger partial charge < -0.3 is 24.7 Å². The molecule has 162 valence electrons. The molecule has 1 aliphatic rings. The Kier molecular flexibility index (Phi) is 6.40. The molecule has 0 radical (unpaired) electrons. The first-order valence-corrected chi connectivity index (χ1v) is 10.5. The van der Waals surface area contributed by atoms with Crippen molar-refractivity contribution >= 4 is 11.6 Å². The van der Waals surface area contributed by atoms with E-state index in [1.54, 1.807) is 20.4 Å². The van der Waals surface area contributed by atoms with Crippen LogP contribution in [0, 0.1) is 6.92 Å². The van der Waals surface area contributed by atoms with Gasteiger partial charge in [-0.3, -0.25) is 4.99 Å². The number of guanidine groups is 1. The summed E-state index contributed by atoms with van der Waals surface area (Å²) in [4.78, 5) is 11.3. The number of para-hydroxylation sites is 2. The summed E-state index contributed by atoms with van der Waals surface area (Å²) in [5, 5.41) is 6.85. The second-order valence-corrected chi connectivity index (χ2v) is 7.68. The first kappa shape index (κ1) is 20.8. The van der Waals surface area contributed by atoms with E-state index in [1.165, 1.54) is 5.56 Å². The molecule has 0 spiro atoms. The molecule has 1 unspecified atom stereocenters. The molecule has 4 rings (SSSR count). The van der Waals surface area contributed by atoms with Crippen LogP contribution in [0.2, 0.25) is 0 Å². The zero-order chi connectivity index (χ0) is 21.6. The Balaban J connectivity index is 1.31. The topological polar surface area (TPSA) is 74.9 Å². The van der Waals surface area contributed by atoms with Crippen LogP contribution in [-0.2, 0) is 6.54 Å². The third-order valence-electron chi connectivity index (χ3n) is 5.47. The Hall–Kier alpha value is -3.48. The number of methoxy groups -OCH3 is 1. The molecule has 1 saturated heterocycles. The number of nitrogens with zero attached hydrogens (tertiary/aromatic N) is 3. The fraction of sp³-hybridized carbons (Fsp3) is 0.333. The highest BCUT2D eigenvalue weighted by atomic mass is 16.5. The Morgan fingerprint density at radius 2 is 2.03 bits per heavy atom. The molecule has 2 aromatic carbocycles. The summed E-state index contributed by atoms with van der Waals surface area (Å²) in [6, 6.07) is 16.6. The van der Waals surface area contributed by atoms with Crippen molar-refractivity contribution in [2.45, 2.75) is 25.9 Å². The number of aryl methyl sites for hydroxylation is 1. The van der Waals surface area contributed by atoms with Gasteiger partial charge in [0.05, 0.1) is 25.0 Å². The summed E-state index contributed by atoms with van der Waals surface area (Å²) in [7, 11) is 3.49. The van der Waals surface area contributed by atoms with E-state index in [0.29, 0.717) is 18.5 Å². The molecule has 1 aliphatic heterocycles. The summed E-state index contributed by atoms with van der Waals surface area (Å²) in [5.74, 6) is 2.29. The van der Waals surface area contributed by atoms with Crippen LogP contribution in [0.3, 0.4) is 0 Å². The fourth-order valence-corrected chi connectivity index (χ4v) is 3.77. The van der Waals surface area contributed by atoms with Gasteiger partial charge in [-0.2, -0.15) is 0 Å². The fourth-order valence-electron chi connectivity index (χ4n) is 3.77. The molecule has 0 bridgehead atoms. The number of aromatic nitrogens is 1. The smallest absolute Gasteiger partial charge is 0.226 e. The van der Waals surface area contributed by atoms with Crippen LogP contribution in [0.15, 0.2) is 64.2 Å². The monoisotopic (exact) mass is 419 g/mol. The Bertz CT molecular complexity index is 1030. The van der Waals surface area contributed by atoms with Crippen molar-refractivity contribution < 1.29 is 9.15 Å². The van der Waals surface area contributed by atoms with Crippen LogP contribution in [0.1, 0.15) is 17.7 Å². The molecule has 1 atom stereocenters. The van der Waals surface area contributed by atoms with Gasteiger partial charge in [0, 0.05) is 31.7 Å². The summed E-state index contributed by atoms with van der Waals surface area (Å²) < 4.78 is 11.2. The molecule has 31 heavy (non-hydrogen) atoms. The number of anilines is 1. The van der Waals surface area contributed by atoms with Gasteiger partial charge in [-0.25, -0.2) is 4.98 Å². The lowest BCUT2D eigenvalue weighted by molar-refractivity contribution is 0.415. The predicted octanol–water partition coefficient (Wildman–Crippen LogP) is 3.60. The molecule has 1 aromatic heterocycles. The van der Waals surface area contributed by atoms with Crippen LogP contribution in [0.25, 0.3) is 11.5 Å². The quantitative estimate of drug-likeness (QED) is 0.470. The molecule has 1 fully saturated rings. The van der Waals surface area contributed by atoms with Crippen molar-refractivity contribution in [1.29, 1.82) is 0 Å². The Morgan fingerprint density at radius 1 is 1.23 bits per heavy atom. The second kappa shape index (κ2) is 9.55. The van der Waals surface area contributed by atoms with Gasteiger partial charge in [0.25, 0.3) is 0 Å². The summed E-state index contributed by atoms with van der Waals surface area (Å²) >= 11 is 0. The number of oxazole rings is 1. The normalized spacial score (nSPS) is 16.4. The first-order chi connectivity index (χ1) is 15.2. The Morgan fingerprint density at radius 3 is 2.81 bits per heavy atom. The maximum atomic E-state index is 5.64. The highest BCUT2D eigenvalue weighted by molar-refractivity contribution is 5.80. The van der Waals surface area contributed by atoms with Crippen molar-refractivity contribution in [2.75, 3.05) is 32.1 Å². The Labute approximate surface area is 183 Å². The standard InChI is InChI=1S/C24H29N5O2/c1-17-8-10-18(11-9-17)23-27-20(16-31-23)14-26-24(25-2)28-19-12-13-29(15-19)21-6-4-5-7-22(21)30-3/h4-11,16,19H,12-15H2,1-3H3,(H2,25,26,28). The number of aliphatic imine (C=N–C) groups is 1. The molecule has 2 N–H and O–H groups in total. The van der Waals surface area contributed by atoms with E-state index < -0.39 is 0 Å². The average molecular weight is 420 g/mol. The third kappa shape index (κ3) is 4.99. The zero-order valence-corrected chi connectivity index (χ0v) is 18.3. The summed E-state index contributed by atoms with van der Waals surface area (Å²) in [5.41, 5.74) is 4.15. The van der Waals surface area contributed by atoms with Gasteiger partial charge in [0.1, 0.15) is 12.0 Å². The first-order valence-electron chi connectivity index (χ1n) is 10.5. The van der Waals surface area contributed by atoms with Gasteiger partial charge in [0.2, 0.25) is 5.89 Å². The lowest BCUT2D eigenvalue weighted by Gasteiger charge is -2.22. The van der Waals surface area contributed by atoms with Gasteiger partial charge in [-0.05, 0) is 37.6 Å². The molecule has 2 heterocycles. The summed E-state index contributed by atoms with van der Waals surface area (Å²) in [6.45, 7) is 4.46. The maximum absolute atomic E-state index is 5.64. The van der Waals surface area contributed by atoms with E-state index >= 15 is 0 Å². The van der Waals surface area contributed by atoms with Gasteiger partial charge in [0.15, 0.2) is 5.96 Å². The number of hydrogen-bond acceptors (Lipinski definition) is 5. The van der Waals surface area contributed by atoms with Crippen LogP contribution in [0.5, 0.6) is 5.75 Å². The second-order valence-electron chi connectivity index (χ2n) is 7.68. The van der Waals surface area contributed by atoms with E-state index in [4.69, 9.17) is 9.15 Å². The molecule has 3 aromatic rings. The zero-order valence-electron chi connectivity index (χ0n) is 18.3. The van der Waals surface area contributed by atoms with Crippen molar-refractivity contribution in [3.05, 3.63) is 66.1 Å². The number of ether oxygens (including phenoxy) is 1. The van der Waals surface area contributed by atoms with Gasteiger partial charge >= 0.3 is 0 Å².